The molecule has 0 aliphatic carbocycles. The minimum absolute atomic E-state index is 0.693. The molecule has 0 amide bonds. The van der Waals surface area contributed by atoms with Crippen molar-refractivity contribution in [3.8, 4) is 0 Å². The van der Waals surface area contributed by atoms with Crippen LogP contribution in [0.4, 0.5) is 5.13 Å². The second-order valence-electron chi connectivity index (χ2n) is 3.45. The van der Waals surface area contributed by atoms with E-state index in [0.29, 0.717) is 6.54 Å². The van der Waals surface area contributed by atoms with Gasteiger partial charge in [-0.15, -0.1) is 10.2 Å². The second kappa shape index (κ2) is 4.90. The van der Waals surface area contributed by atoms with Crippen LogP contribution in [-0.2, 0) is 0 Å². The van der Waals surface area contributed by atoms with Gasteiger partial charge in [-0.05, 0) is 18.1 Å². The number of aryl methyl sites for hydroxylation is 1. The van der Waals surface area contributed by atoms with Gasteiger partial charge in [0.25, 0.3) is 0 Å². The lowest BCUT2D eigenvalue weighted by molar-refractivity contribution is 1.04. The fourth-order valence-electron chi connectivity index (χ4n) is 1.33. The van der Waals surface area contributed by atoms with E-state index in [2.05, 4.69) is 34.2 Å². The summed E-state index contributed by atoms with van der Waals surface area (Å²) in [6.45, 7) is 6.67. The van der Waals surface area contributed by atoms with E-state index in [-0.39, 0.29) is 0 Å². The van der Waals surface area contributed by atoms with Crippen LogP contribution in [0.5, 0.6) is 0 Å². The fourth-order valence-corrected chi connectivity index (χ4v) is 1.91. The third kappa shape index (κ3) is 2.67. The first-order valence-electron chi connectivity index (χ1n) is 5.03. The lowest BCUT2D eigenvalue weighted by atomic mass is 10.1. The zero-order valence-electron chi connectivity index (χ0n) is 9.10. The molecule has 82 valence electrons. The van der Waals surface area contributed by atoms with Gasteiger partial charge in [0, 0.05) is 6.54 Å². The third-order valence-electron chi connectivity index (χ3n) is 2.16. The van der Waals surface area contributed by atoms with Crippen molar-refractivity contribution in [2.24, 2.45) is 0 Å². The highest BCUT2D eigenvalue weighted by Gasteiger charge is 2.01. The second-order valence-corrected chi connectivity index (χ2v) is 4.63. The van der Waals surface area contributed by atoms with Crippen LogP contribution in [0.3, 0.4) is 0 Å². The molecular weight excluding hydrogens is 218 g/mol. The van der Waals surface area contributed by atoms with E-state index in [1.165, 1.54) is 0 Å². The first kappa shape index (κ1) is 10.8. The molecule has 16 heavy (non-hydrogen) atoms. The molecule has 0 aliphatic rings. The predicted molar refractivity (Wildman–Crippen MR) is 68.6 cm³/mol. The van der Waals surface area contributed by atoms with E-state index < -0.39 is 0 Å². The predicted octanol–water partition coefficient (Wildman–Crippen LogP) is 2.97. The molecule has 0 aliphatic heterocycles. The monoisotopic (exact) mass is 231 g/mol. The quantitative estimate of drug-likeness (QED) is 0.879. The van der Waals surface area contributed by atoms with Crippen molar-refractivity contribution in [2.75, 3.05) is 11.9 Å². The van der Waals surface area contributed by atoms with Crippen LogP contribution in [-0.4, -0.2) is 16.7 Å². The molecule has 1 N–H and O–H groups in total. The number of nitrogens with zero attached hydrogens (tertiary/aromatic N) is 2. The van der Waals surface area contributed by atoms with E-state index in [0.717, 1.165) is 21.3 Å². The molecule has 4 heteroatoms. The first-order chi connectivity index (χ1) is 7.75. The molecule has 1 aromatic heterocycles. The summed E-state index contributed by atoms with van der Waals surface area (Å²) in [4.78, 5) is 0. The largest absolute Gasteiger partial charge is 0.356 e. The summed E-state index contributed by atoms with van der Waals surface area (Å²) in [7, 11) is 0. The molecule has 0 bridgehead atoms. The molecule has 0 fully saturated rings. The van der Waals surface area contributed by atoms with E-state index in [1.54, 1.807) is 11.3 Å². The lowest BCUT2D eigenvalue weighted by Crippen LogP contribution is -2.02. The van der Waals surface area contributed by atoms with Crippen molar-refractivity contribution < 1.29 is 0 Å². The molecule has 0 spiro atoms. The molecule has 0 unspecified atom stereocenters. The third-order valence-corrected chi connectivity index (χ3v) is 2.96. The molecule has 2 aromatic rings. The van der Waals surface area contributed by atoms with Gasteiger partial charge in [0.15, 0.2) is 0 Å². The van der Waals surface area contributed by atoms with Crippen LogP contribution >= 0.6 is 11.3 Å². The smallest absolute Gasteiger partial charge is 0.205 e. The van der Waals surface area contributed by atoms with Crippen molar-refractivity contribution in [2.45, 2.75) is 6.92 Å². The van der Waals surface area contributed by atoms with Crippen LogP contribution in [0.25, 0.3) is 5.57 Å². The Labute approximate surface area is 98.9 Å². The number of rotatable bonds is 4. The van der Waals surface area contributed by atoms with Gasteiger partial charge < -0.3 is 5.32 Å². The van der Waals surface area contributed by atoms with E-state index in [4.69, 9.17) is 0 Å². The summed E-state index contributed by atoms with van der Waals surface area (Å²) in [6, 6.07) is 10.1. The fraction of sp³-hybridized carbons (Fsp3) is 0.167. The summed E-state index contributed by atoms with van der Waals surface area (Å²) in [6.07, 6.45) is 0. The van der Waals surface area contributed by atoms with Crippen LogP contribution in [0.1, 0.15) is 10.6 Å². The van der Waals surface area contributed by atoms with Gasteiger partial charge in [-0.3, -0.25) is 0 Å². The van der Waals surface area contributed by atoms with Gasteiger partial charge in [0.05, 0.1) is 0 Å². The lowest BCUT2D eigenvalue weighted by Gasteiger charge is -2.05. The maximum Gasteiger partial charge on any atom is 0.205 e. The maximum atomic E-state index is 4.04. The number of anilines is 1. The highest BCUT2D eigenvalue weighted by molar-refractivity contribution is 7.15. The Bertz CT molecular complexity index is 476. The molecule has 0 saturated heterocycles. The molecule has 1 aromatic carbocycles. The maximum absolute atomic E-state index is 4.04. The highest BCUT2D eigenvalue weighted by Crippen LogP contribution is 2.16. The Hall–Kier alpha value is -1.68. The summed E-state index contributed by atoms with van der Waals surface area (Å²) < 4.78 is 0. The molecule has 0 atom stereocenters. The summed E-state index contributed by atoms with van der Waals surface area (Å²) >= 11 is 1.55. The Morgan fingerprint density at radius 2 is 2.06 bits per heavy atom. The SMILES string of the molecule is C=C(CNc1nnc(C)s1)c1ccccc1. The standard InChI is InChI=1S/C12H13N3S/c1-9(11-6-4-3-5-7-11)8-13-12-15-14-10(2)16-12/h3-7H,1,8H2,2H3,(H,13,15). The van der Waals surface area contributed by atoms with Gasteiger partial charge in [0.1, 0.15) is 5.01 Å². The number of hydrogen-bond donors (Lipinski definition) is 1. The van der Waals surface area contributed by atoms with Crippen LogP contribution in [0, 0.1) is 6.92 Å². The van der Waals surface area contributed by atoms with Crippen molar-refractivity contribution in [1.29, 1.82) is 0 Å². The molecule has 0 saturated carbocycles. The summed E-state index contributed by atoms with van der Waals surface area (Å²) in [5, 5.41) is 13.0. The Balaban J connectivity index is 1.94. The summed E-state index contributed by atoms with van der Waals surface area (Å²) in [5.41, 5.74) is 2.20. The number of aromatic nitrogens is 2. The zero-order chi connectivity index (χ0) is 11.4. The van der Waals surface area contributed by atoms with Crippen molar-refractivity contribution >= 4 is 22.0 Å². The highest BCUT2D eigenvalue weighted by atomic mass is 32.1. The van der Waals surface area contributed by atoms with Crippen LogP contribution in [0.2, 0.25) is 0 Å². The minimum atomic E-state index is 0.693. The molecular formula is C12H13N3S. The minimum Gasteiger partial charge on any atom is -0.356 e. The van der Waals surface area contributed by atoms with Crippen LogP contribution < -0.4 is 5.32 Å². The first-order valence-corrected chi connectivity index (χ1v) is 5.84. The van der Waals surface area contributed by atoms with Crippen molar-refractivity contribution in [1.82, 2.24) is 10.2 Å². The van der Waals surface area contributed by atoms with E-state index in [1.807, 2.05) is 25.1 Å². The number of nitrogens with one attached hydrogen (secondary N) is 1. The van der Waals surface area contributed by atoms with Gasteiger partial charge in [-0.1, -0.05) is 48.2 Å². The van der Waals surface area contributed by atoms with Gasteiger partial charge in [-0.2, -0.15) is 0 Å². The summed E-state index contributed by atoms with van der Waals surface area (Å²) in [5.74, 6) is 0. The molecule has 0 radical (unpaired) electrons. The molecule has 2 rings (SSSR count). The Kier molecular flexibility index (Phi) is 3.31. The topological polar surface area (TPSA) is 37.8 Å². The van der Waals surface area contributed by atoms with Gasteiger partial charge in [-0.25, -0.2) is 0 Å². The normalized spacial score (nSPS) is 10.1. The van der Waals surface area contributed by atoms with Gasteiger partial charge in [0.2, 0.25) is 5.13 Å². The Morgan fingerprint density at radius 1 is 1.31 bits per heavy atom. The van der Waals surface area contributed by atoms with Gasteiger partial charge >= 0.3 is 0 Å². The van der Waals surface area contributed by atoms with Crippen molar-refractivity contribution in [3.63, 3.8) is 0 Å². The zero-order valence-corrected chi connectivity index (χ0v) is 9.92. The average Bonchev–Trinajstić information content (AvgIpc) is 2.73. The molecule has 3 nitrogen and oxygen atoms in total. The number of benzene rings is 1. The van der Waals surface area contributed by atoms with Crippen LogP contribution in [0.15, 0.2) is 36.9 Å². The van der Waals surface area contributed by atoms with Crippen molar-refractivity contribution in [3.05, 3.63) is 47.5 Å². The molecule has 1 heterocycles. The van der Waals surface area contributed by atoms with E-state index in [9.17, 15) is 0 Å². The Morgan fingerprint density at radius 3 is 2.69 bits per heavy atom. The number of hydrogen-bond acceptors (Lipinski definition) is 4. The van der Waals surface area contributed by atoms with E-state index >= 15 is 0 Å². The average molecular weight is 231 g/mol.